The Morgan fingerprint density at radius 3 is 2.84 bits per heavy atom. The van der Waals surface area contributed by atoms with Crippen molar-refractivity contribution in [2.24, 2.45) is 5.92 Å². The van der Waals surface area contributed by atoms with E-state index in [0.717, 1.165) is 24.7 Å². The standard InChI is InChI=1S/C16H25ClN2/c1-4-18-11-13-7-8-14(10-15(13)17)19-9-5-6-16(19)12(2)3/h7-8,10,12,16,18H,4-6,9,11H2,1-3H3. The fraction of sp³-hybridized carbons (Fsp3) is 0.625. The van der Waals surface area contributed by atoms with E-state index in [4.69, 9.17) is 11.6 Å². The maximum absolute atomic E-state index is 6.40. The molecular weight excluding hydrogens is 256 g/mol. The Kier molecular flexibility index (Phi) is 5.12. The zero-order chi connectivity index (χ0) is 13.8. The van der Waals surface area contributed by atoms with Crippen LogP contribution < -0.4 is 10.2 Å². The monoisotopic (exact) mass is 280 g/mol. The predicted octanol–water partition coefficient (Wildman–Crippen LogP) is 4.07. The summed E-state index contributed by atoms with van der Waals surface area (Å²) in [5, 5.41) is 4.21. The van der Waals surface area contributed by atoms with E-state index < -0.39 is 0 Å². The lowest BCUT2D eigenvalue weighted by atomic mass is 10.0. The topological polar surface area (TPSA) is 15.3 Å². The third kappa shape index (κ3) is 3.43. The first-order valence-electron chi connectivity index (χ1n) is 7.39. The van der Waals surface area contributed by atoms with E-state index >= 15 is 0 Å². The van der Waals surface area contributed by atoms with Gasteiger partial charge in [-0.2, -0.15) is 0 Å². The third-order valence-corrected chi connectivity index (χ3v) is 4.35. The smallest absolute Gasteiger partial charge is 0.0471 e. The fourth-order valence-electron chi connectivity index (χ4n) is 2.92. The molecule has 1 fully saturated rings. The number of rotatable bonds is 5. The molecule has 0 radical (unpaired) electrons. The average molecular weight is 281 g/mol. The number of nitrogens with zero attached hydrogens (tertiary/aromatic N) is 1. The molecule has 1 heterocycles. The molecule has 1 saturated heterocycles. The lowest BCUT2D eigenvalue weighted by molar-refractivity contribution is 0.492. The molecule has 0 aromatic heterocycles. The van der Waals surface area contributed by atoms with Crippen LogP contribution in [0.1, 0.15) is 39.2 Å². The lowest BCUT2D eigenvalue weighted by Gasteiger charge is -2.30. The first-order chi connectivity index (χ1) is 9.13. The van der Waals surface area contributed by atoms with E-state index in [9.17, 15) is 0 Å². The van der Waals surface area contributed by atoms with Crippen LogP contribution >= 0.6 is 11.6 Å². The number of hydrogen-bond donors (Lipinski definition) is 1. The summed E-state index contributed by atoms with van der Waals surface area (Å²) >= 11 is 6.40. The number of benzene rings is 1. The molecule has 2 rings (SSSR count). The molecule has 1 aliphatic rings. The highest BCUT2D eigenvalue weighted by atomic mass is 35.5. The summed E-state index contributed by atoms with van der Waals surface area (Å²) < 4.78 is 0. The SMILES string of the molecule is CCNCc1ccc(N2CCCC2C(C)C)cc1Cl. The van der Waals surface area contributed by atoms with E-state index in [-0.39, 0.29) is 0 Å². The molecule has 19 heavy (non-hydrogen) atoms. The van der Waals surface area contributed by atoms with Crippen molar-refractivity contribution < 1.29 is 0 Å². The minimum Gasteiger partial charge on any atom is -0.368 e. The highest BCUT2D eigenvalue weighted by Crippen LogP contribution is 2.32. The van der Waals surface area contributed by atoms with Gasteiger partial charge in [0.1, 0.15) is 0 Å². The van der Waals surface area contributed by atoms with E-state index in [1.807, 2.05) is 0 Å². The summed E-state index contributed by atoms with van der Waals surface area (Å²) in [6.45, 7) is 9.71. The van der Waals surface area contributed by atoms with Gasteiger partial charge in [-0.3, -0.25) is 0 Å². The van der Waals surface area contributed by atoms with Gasteiger partial charge in [0, 0.05) is 29.8 Å². The Hall–Kier alpha value is -0.730. The molecule has 1 unspecified atom stereocenters. The quantitative estimate of drug-likeness (QED) is 0.874. The van der Waals surface area contributed by atoms with Crippen LogP contribution in [0.4, 0.5) is 5.69 Å². The molecule has 1 aromatic rings. The average Bonchev–Trinajstić information content (AvgIpc) is 2.86. The molecule has 1 aromatic carbocycles. The number of nitrogens with one attached hydrogen (secondary N) is 1. The molecule has 2 nitrogen and oxygen atoms in total. The van der Waals surface area contributed by atoms with Gasteiger partial charge >= 0.3 is 0 Å². The van der Waals surface area contributed by atoms with Crippen LogP contribution in [0.25, 0.3) is 0 Å². The van der Waals surface area contributed by atoms with Gasteiger partial charge in [0.25, 0.3) is 0 Å². The van der Waals surface area contributed by atoms with Crippen LogP contribution in [-0.4, -0.2) is 19.1 Å². The van der Waals surface area contributed by atoms with Crippen molar-refractivity contribution in [2.75, 3.05) is 18.0 Å². The third-order valence-electron chi connectivity index (χ3n) is 4.00. The van der Waals surface area contributed by atoms with Gasteiger partial charge in [-0.15, -0.1) is 0 Å². The predicted molar refractivity (Wildman–Crippen MR) is 84.0 cm³/mol. The first kappa shape index (κ1) is 14.7. The van der Waals surface area contributed by atoms with E-state index in [0.29, 0.717) is 12.0 Å². The maximum atomic E-state index is 6.40. The molecule has 0 spiro atoms. The Labute approximate surface area is 122 Å². The molecule has 3 heteroatoms. The summed E-state index contributed by atoms with van der Waals surface area (Å²) in [7, 11) is 0. The largest absolute Gasteiger partial charge is 0.368 e. The second-order valence-corrected chi connectivity index (χ2v) is 6.11. The Bertz CT molecular complexity index is 417. The van der Waals surface area contributed by atoms with Crippen molar-refractivity contribution >= 4 is 17.3 Å². The highest BCUT2D eigenvalue weighted by molar-refractivity contribution is 6.31. The van der Waals surface area contributed by atoms with Crippen molar-refractivity contribution in [1.82, 2.24) is 5.32 Å². The van der Waals surface area contributed by atoms with Crippen molar-refractivity contribution in [2.45, 2.75) is 46.2 Å². The summed E-state index contributed by atoms with van der Waals surface area (Å²) in [6.07, 6.45) is 2.59. The van der Waals surface area contributed by atoms with Crippen LogP contribution in [0.5, 0.6) is 0 Å². The minimum atomic E-state index is 0.663. The molecule has 1 atom stereocenters. The normalized spacial score (nSPS) is 19.4. The second-order valence-electron chi connectivity index (χ2n) is 5.70. The molecular formula is C16H25ClN2. The van der Waals surface area contributed by atoms with E-state index in [1.165, 1.54) is 24.1 Å². The first-order valence-corrected chi connectivity index (χ1v) is 7.77. The molecule has 1 N–H and O–H groups in total. The van der Waals surface area contributed by atoms with Crippen LogP contribution in [0, 0.1) is 5.92 Å². The summed E-state index contributed by atoms with van der Waals surface area (Å²) in [5.41, 5.74) is 2.47. The zero-order valence-corrected chi connectivity index (χ0v) is 13.0. The van der Waals surface area contributed by atoms with Gasteiger partial charge in [-0.1, -0.05) is 38.4 Å². The van der Waals surface area contributed by atoms with E-state index in [1.54, 1.807) is 0 Å². The highest BCUT2D eigenvalue weighted by Gasteiger charge is 2.27. The maximum Gasteiger partial charge on any atom is 0.0471 e. The summed E-state index contributed by atoms with van der Waals surface area (Å²) in [4.78, 5) is 2.52. The molecule has 0 amide bonds. The van der Waals surface area contributed by atoms with Crippen molar-refractivity contribution in [3.05, 3.63) is 28.8 Å². The van der Waals surface area contributed by atoms with Gasteiger partial charge in [0.05, 0.1) is 0 Å². The summed E-state index contributed by atoms with van der Waals surface area (Å²) in [5.74, 6) is 0.697. The van der Waals surface area contributed by atoms with Gasteiger partial charge in [-0.25, -0.2) is 0 Å². The van der Waals surface area contributed by atoms with Gasteiger partial charge in [-0.05, 0) is 43.0 Å². The second kappa shape index (κ2) is 6.62. The number of anilines is 1. The van der Waals surface area contributed by atoms with Gasteiger partial charge in [0.15, 0.2) is 0 Å². The van der Waals surface area contributed by atoms with Crippen molar-refractivity contribution in [3.63, 3.8) is 0 Å². The minimum absolute atomic E-state index is 0.663. The molecule has 106 valence electrons. The molecule has 0 bridgehead atoms. The van der Waals surface area contributed by atoms with Crippen LogP contribution in [0.3, 0.4) is 0 Å². The van der Waals surface area contributed by atoms with Crippen molar-refractivity contribution in [3.8, 4) is 0 Å². The lowest BCUT2D eigenvalue weighted by Crippen LogP contribution is -2.33. The Morgan fingerprint density at radius 2 is 2.21 bits per heavy atom. The van der Waals surface area contributed by atoms with Crippen LogP contribution in [0.15, 0.2) is 18.2 Å². The molecule has 1 aliphatic heterocycles. The van der Waals surface area contributed by atoms with E-state index in [2.05, 4.69) is 49.2 Å². The van der Waals surface area contributed by atoms with Gasteiger partial charge in [0.2, 0.25) is 0 Å². The fourth-order valence-corrected chi connectivity index (χ4v) is 3.17. The van der Waals surface area contributed by atoms with Crippen LogP contribution in [0.2, 0.25) is 5.02 Å². The number of halogens is 1. The molecule has 0 saturated carbocycles. The zero-order valence-electron chi connectivity index (χ0n) is 12.2. The van der Waals surface area contributed by atoms with Crippen LogP contribution in [-0.2, 0) is 6.54 Å². The van der Waals surface area contributed by atoms with Gasteiger partial charge < -0.3 is 10.2 Å². The molecule has 0 aliphatic carbocycles. The Balaban J connectivity index is 2.15. The van der Waals surface area contributed by atoms with Crippen molar-refractivity contribution in [1.29, 1.82) is 0 Å². The number of hydrogen-bond acceptors (Lipinski definition) is 2. The Morgan fingerprint density at radius 1 is 1.42 bits per heavy atom. The summed E-state index contributed by atoms with van der Waals surface area (Å²) in [6, 6.07) is 7.18.